The third-order valence-electron chi connectivity index (χ3n) is 4.19. The van der Waals surface area contributed by atoms with Gasteiger partial charge in [0.1, 0.15) is 5.52 Å². The summed E-state index contributed by atoms with van der Waals surface area (Å²) in [5.74, 6) is 0.0407. The maximum atomic E-state index is 11.6. The van der Waals surface area contributed by atoms with Crippen LogP contribution in [0.5, 0.6) is 0 Å². The SMILES string of the molecule is CCNC(=O)C/C=C\c1c(CC)c(-c2cc3nccnc3[nH]2)cn1C. The van der Waals surface area contributed by atoms with Crippen LogP contribution in [0.2, 0.25) is 0 Å². The molecule has 1 amide bonds. The number of carbonyl (C=O) groups excluding carboxylic acids is 1. The van der Waals surface area contributed by atoms with Gasteiger partial charge in [-0.25, -0.2) is 4.98 Å². The molecule has 0 aliphatic rings. The lowest BCUT2D eigenvalue weighted by atomic mass is 10.1. The van der Waals surface area contributed by atoms with Crippen molar-refractivity contribution in [1.82, 2.24) is 24.8 Å². The highest BCUT2D eigenvalue weighted by Crippen LogP contribution is 2.30. The first-order chi connectivity index (χ1) is 12.1. The lowest BCUT2D eigenvalue weighted by Gasteiger charge is -2.02. The average molecular weight is 337 g/mol. The number of fused-ring (bicyclic) bond motifs is 1. The molecule has 0 radical (unpaired) electrons. The van der Waals surface area contributed by atoms with Gasteiger partial charge in [0.2, 0.25) is 5.91 Å². The highest BCUT2D eigenvalue weighted by atomic mass is 16.1. The van der Waals surface area contributed by atoms with Crippen LogP contribution in [0.4, 0.5) is 0 Å². The fourth-order valence-corrected chi connectivity index (χ4v) is 3.06. The second kappa shape index (κ2) is 7.34. The number of aryl methyl sites for hydroxylation is 1. The van der Waals surface area contributed by atoms with Crippen LogP contribution in [-0.2, 0) is 18.3 Å². The summed E-state index contributed by atoms with van der Waals surface area (Å²) >= 11 is 0. The number of carbonyl (C=O) groups is 1. The largest absolute Gasteiger partial charge is 0.356 e. The van der Waals surface area contributed by atoms with Crippen LogP contribution in [0.1, 0.15) is 31.5 Å². The first kappa shape index (κ1) is 17.0. The second-order valence-electron chi connectivity index (χ2n) is 5.90. The smallest absolute Gasteiger partial charge is 0.223 e. The fraction of sp³-hybridized carbons (Fsp3) is 0.316. The summed E-state index contributed by atoms with van der Waals surface area (Å²) in [7, 11) is 2.02. The Kier molecular flexibility index (Phi) is 4.97. The van der Waals surface area contributed by atoms with Crippen LogP contribution < -0.4 is 5.32 Å². The van der Waals surface area contributed by atoms with E-state index in [1.54, 1.807) is 12.4 Å². The molecule has 6 nitrogen and oxygen atoms in total. The van der Waals surface area contributed by atoms with Gasteiger partial charge in [0.05, 0.1) is 5.69 Å². The van der Waals surface area contributed by atoms with Crippen molar-refractivity contribution in [2.75, 3.05) is 6.54 Å². The number of rotatable bonds is 6. The molecule has 6 heteroatoms. The Morgan fingerprint density at radius 2 is 2.12 bits per heavy atom. The van der Waals surface area contributed by atoms with Gasteiger partial charge in [0.25, 0.3) is 0 Å². The minimum absolute atomic E-state index is 0.0407. The number of hydrogen-bond donors (Lipinski definition) is 2. The van der Waals surface area contributed by atoms with Crippen molar-refractivity contribution in [2.24, 2.45) is 7.05 Å². The van der Waals surface area contributed by atoms with Crippen LogP contribution in [0.3, 0.4) is 0 Å². The third kappa shape index (κ3) is 3.47. The highest BCUT2D eigenvalue weighted by molar-refractivity contribution is 5.82. The number of aromatic nitrogens is 4. The molecule has 0 saturated heterocycles. The molecule has 3 heterocycles. The van der Waals surface area contributed by atoms with Gasteiger partial charge in [-0.15, -0.1) is 0 Å². The van der Waals surface area contributed by atoms with Gasteiger partial charge in [-0.2, -0.15) is 0 Å². The summed E-state index contributed by atoms with van der Waals surface area (Å²) < 4.78 is 2.09. The topological polar surface area (TPSA) is 75.6 Å². The van der Waals surface area contributed by atoms with Gasteiger partial charge in [-0.1, -0.05) is 13.0 Å². The van der Waals surface area contributed by atoms with Gasteiger partial charge in [-0.05, 0) is 31.1 Å². The number of nitrogens with one attached hydrogen (secondary N) is 2. The van der Waals surface area contributed by atoms with Crippen molar-refractivity contribution in [3.8, 4) is 11.3 Å². The molecule has 0 bridgehead atoms. The zero-order valence-electron chi connectivity index (χ0n) is 14.8. The van der Waals surface area contributed by atoms with E-state index in [2.05, 4.69) is 38.0 Å². The molecular formula is C19H23N5O. The predicted molar refractivity (Wildman–Crippen MR) is 100 cm³/mol. The second-order valence-corrected chi connectivity index (χ2v) is 5.90. The quantitative estimate of drug-likeness (QED) is 0.726. The Balaban J connectivity index is 1.93. The van der Waals surface area contributed by atoms with Crippen molar-refractivity contribution in [2.45, 2.75) is 26.7 Å². The van der Waals surface area contributed by atoms with E-state index in [9.17, 15) is 4.79 Å². The molecule has 0 unspecified atom stereocenters. The number of nitrogens with zero attached hydrogens (tertiary/aromatic N) is 3. The molecule has 3 rings (SSSR count). The molecule has 130 valence electrons. The van der Waals surface area contributed by atoms with Crippen molar-refractivity contribution < 1.29 is 4.79 Å². The zero-order chi connectivity index (χ0) is 17.8. The van der Waals surface area contributed by atoms with Crippen LogP contribution in [-0.4, -0.2) is 32.0 Å². The standard InChI is InChI=1S/C19H23N5O/c1-4-13-14(15-11-16-19(23-15)22-10-9-21-16)12-24(3)17(13)7-6-8-18(25)20-5-2/h6-7,9-12H,4-5,8H2,1-3H3,(H,20,25)(H,22,23)/b7-6-. The molecule has 0 spiro atoms. The fourth-order valence-electron chi connectivity index (χ4n) is 3.06. The lowest BCUT2D eigenvalue weighted by Crippen LogP contribution is -2.21. The number of aromatic amines is 1. The number of amides is 1. The molecular weight excluding hydrogens is 314 g/mol. The van der Waals surface area contributed by atoms with Gasteiger partial charge < -0.3 is 14.9 Å². The number of H-pyrrole nitrogens is 1. The molecule has 25 heavy (non-hydrogen) atoms. The minimum Gasteiger partial charge on any atom is -0.356 e. The van der Waals surface area contributed by atoms with Crippen molar-refractivity contribution in [1.29, 1.82) is 0 Å². The zero-order valence-corrected chi connectivity index (χ0v) is 14.8. The Hall–Kier alpha value is -2.89. The third-order valence-corrected chi connectivity index (χ3v) is 4.19. The van der Waals surface area contributed by atoms with Crippen LogP contribution in [0.15, 0.2) is 30.7 Å². The molecule has 0 saturated carbocycles. The Labute approximate surface area is 147 Å². The summed E-state index contributed by atoms with van der Waals surface area (Å²) in [6.07, 6.45) is 10.7. The minimum atomic E-state index is 0.0407. The first-order valence-corrected chi connectivity index (χ1v) is 8.55. The van der Waals surface area contributed by atoms with E-state index in [0.717, 1.165) is 34.5 Å². The highest BCUT2D eigenvalue weighted by Gasteiger charge is 2.15. The van der Waals surface area contributed by atoms with Crippen LogP contribution in [0.25, 0.3) is 28.5 Å². The maximum Gasteiger partial charge on any atom is 0.223 e. The molecule has 0 aliphatic carbocycles. The van der Waals surface area contributed by atoms with Crippen LogP contribution in [0, 0.1) is 0 Å². The molecule has 0 aromatic carbocycles. The monoisotopic (exact) mass is 337 g/mol. The molecule has 2 N–H and O–H groups in total. The summed E-state index contributed by atoms with van der Waals surface area (Å²) in [5.41, 5.74) is 6.15. The summed E-state index contributed by atoms with van der Waals surface area (Å²) in [5, 5.41) is 2.81. The first-order valence-electron chi connectivity index (χ1n) is 8.55. The molecule has 3 aromatic heterocycles. The van der Waals surface area contributed by atoms with E-state index in [4.69, 9.17) is 0 Å². The van der Waals surface area contributed by atoms with Crippen molar-refractivity contribution in [3.05, 3.63) is 42.0 Å². The number of hydrogen-bond acceptors (Lipinski definition) is 3. The molecule has 0 aliphatic heterocycles. The summed E-state index contributed by atoms with van der Waals surface area (Å²) in [4.78, 5) is 23.6. The lowest BCUT2D eigenvalue weighted by molar-refractivity contribution is -0.120. The van der Waals surface area contributed by atoms with Crippen molar-refractivity contribution in [3.63, 3.8) is 0 Å². The van der Waals surface area contributed by atoms with Gasteiger partial charge >= 0.3 is 0 Å². The van der Waals surface area contributed by atoms with Gasteiger partial charge in [0.15, 0.2) is 5.65 Å². The van der Waals surface area contributed by atoms with Crippen LogP contribution >= 0.6 is 0 Å². The Bertz CT molecular complexity index is 886. The van der Waals surface area contributed by atoms with Crippen molar-refractivity contribution >= 4 is 23.1 Å². The average Bonchev–Trinajstić information content (AvgIpc) is 3.16. The Morgan fingerprint density at radius 3 is 2.84 bits per heavy atom. The summed E-state index contributed by atoms with van der Waals surface area (Å²) in [6, 6.07) is 2.03. The molecule has 3 aromatic rings. The van der Waals surface area contributed by atoms with E-state index in [0.29, 0.717) is 13.0 Å². The Morgan fingerprint density at radius 1 is 1.32 bits per heavy atom. The van der Waals surface area contributed by atoms with Gasteiger partial charge in [-0.3, -0.25) is 9.78 Å². The maximum absolute atomic E-state index is 11.6. The van der Waals surface area contributed by atoms with E-state index < -0.39 is 0 Å². The predicted octanol–water partition coefficient (Wildman–Crippen LogP) is 3.07. The normalized spacial score (nSPS) is 11.5. The van der Waals surface area contributed by atoms with E-state index in [1.165, 1.54) is 5.56 Å². The van der Waals surface area contributed by atoms with E-state index in [1.807, 2.05) is 32.2 Å². The van der Waals surface area contributed by atoms with E-state index in [-0.39, 0.29) is 5.91 Å². The molecule has 0 atom stereocenters. The molecule has 0 fully saturated rings. The van der Waals surface area contributed by atoms with Gasteiger partial charge in [0, 0.05) is 49.9 Å². The van der Waals surface area contributed by atoms with E-state index >= 15 is 0 Å². The summed E-state index contributed by atoms with van der Waals surface area (Å²) in [6.45, 7) is 4.72.